The van der Waals surface area contributed by atoms with Crippen molar-refractivity contribution in [3.63, 3.8) is 0 Å². The lowest BCUT2D eigenvalue weighted by Gasteiger charge is -2.06. The molecule has 0 saturated carbocycles. The maximum Gasteiger partial charge on any atom is 0.338 e. The van der Waals surface area contributed by atoms with Gasteiger partial charge in [-0.1, -0.05) is 6.07 Å². The van der Waals surface area contributed by atoms with Crippen LogP contribution in [-0.2, 0) is 16.1 Å². The van der Waals surface area contributed by atoms with Crippen molar-refractivity contribution >= 4 is 40.2 Å². The minimum atomic E-state index is -0.452. The molecule has 1 amide bonds. The van der Waals surface area contributed by atoms with Crippen molar-refractivity contribution in [3.05, 3.63) is 57.7 Å². The molecule has 0 unspecified atom stereocenters. The number of ether oxygens (including phenoxy) is 1. The summed E-state index contributed by atoms with van der Waals surface area (Å²) >= 11 is 3.14. The van der Waals surface area contributed by atoms with Gasteiger partial charge in [0.15, 0.2) is 0 Å². The molecule has 3 rings (SSSR count). The van der Waals surface area contributed by atoms with E-state index in [0.717, 1.165) is 10.6 Å². The average molecular weight is 358 g/mol. The molecule has 1 aromatic carbocycles. The lowest BCUT2D eigenvalue weighted by Crippen LogP contribution is -2.09. The summed E-state index contributed by atoms with van der Waals surface area (Å²) in [5.74, 6) is -0.642. The van der Waals surface area contributed by atoms with Crippen LogP contribution in [0.5, 0.6) is 0 Å². The summed E-state index contributed by atoms with van der Waals surface area (Å²) in [6, 6.07) is 8.64. The highest BCUT2D eigenvalue weighted by atomic mass is 32.1. The first-order chi connectivity index (χ1) is 11.6. The zero-order chi connectivity index (χ0) is 16.9. The molecule has 122 valence electrons. The van der Waals surface area contributed by atoms with Crippen LogP contribution in [0.1, 0.15) is 23.0 Å². The molecule has 7 heteroatoms. The zero-order valence-corrected chi connectivity index (χ0v) is 14.4. The van der Waals surface area contributed by atoms with Gasteiger partial charge in [0, 0.05) is 28.9 Å². The molecule has 24 heavy (non-hydrogen) atoms. The summed E-state index contributed by atoms with van der Waals surface area (Å²) < 4.78 is 5.30. The van der Waals surface area contributed by atoms with Crippen molar-refractivity contribution in [1.82, 2.24) is 4.98 Å². The van der Waals surface area contributed by atoms with Gasteiger partial charge in [-0.2, -0.15) is 11.3 Å². The smallest absolute Gasteiger partial charge is 0.338 e. The molecule has 0 fully saturated rings. The second kappa shape index (κ2) is 7.37. The Hall–Kier alpha value is -2.51. The first-order valence-corrected chi connectivity index (χ1v) is 8.96. The van der Waals surface area contributed by atoms with E-state index in [-0.39, 0.29) is 12.5 Å². The molecule has 0 bridgehead atoms. The molecule has 0 radical (unpaired) electrons. The molecule has 0 aliphatic rings. The van der Waals surface area contributed by atoms with Gasteiger partial charge >= 0.3 is 5.97 Å². The number of thiophene rings is 1. The fourth-order valence-electron chi connectivity index (χ4n) is 2.04. The van der Waals surface area contributed by atoms with Crippen LogP contribution in [0.15, 0.2) is 46.5 Å². The van der Waals surface area contributed by atoms with Crippen LogP contribution in [0, 0.1) is 0 Å². The average Bonchev–Trinajstić information content (AvgIpc) is 3.23. The van der Waals surface area contributed by atoms with E-state index in [0.29, 0.717) is 16.9 Å². The van der Waals surface area contributed by atoms with Crippen LogP contribution in [0.2, 0.25) is 0 Å². The summed E-state index contributed by atoms with van der Waals surface area (Å²) in [6.07, 6.45) is 0. The summed E-state index contributed by atoms with van der Waals surface area (Å²) in [7, 11) is 0. The number of nitrogens with zero attached hydrogens (tertiary/aromatic N) is 1. The number of benzene rings is 1. The third kappa shape index (κ3) is 4.06. The Morgan fingerprint density at radius 3 is 2.88 bits per heavy atom. The van der Waals surface area contributed by atoms with Gasteiger partial charge < -0.3 is 10.1 Å². The molecule has 5 nitrogen and oxygen atoms in total. The number of anilines is 1. The van der Waals surface area contributed by atoms with Crippen molar-refractivity contribution in [2.75, 3.05) is 5.32 Å². The standard InChI is InChI=1S/C17H14N2O3S2/c1-11(20)18-14-4-2-3-12(7-14)17(21)22-8-15-10-24-16(19-15)13-5-6-23-9-13/h2-7,9-10H,8H2,1H3,(H,18,20). The highest BCUT2D eigenvalue weighted by Gasteiger charge is 2.11. The molecule has 3 aromatic rings. The van der Waals surface area contributed by atoms with Gasteiger partial charge in [0.1, 0.15) is 11.6 Å². The predicted molar refractivity (Wildman–Crippen MR) is 95.3 cm³/mol. The van der Waals surface area contributed by atoms with Crippen LogP contribution >= 0.6 is 22.7 Å². The third-order valence-corrected chi connectivity index (χ3v) is 4.71. The number of hydrogen-bond acceptors (Lipinski definition) is 6. The minimum absolute atomic E-state index is 0.115. The van der Waals surface area contributed by atoms with Gasteiger partial charge in [0.05, 0.1) is 11.3 Å². The number of carbonyl (C=O) groups excluding carboxylic acids is 2. The van der Waals surface area contributed by atoms with Gasteiger partial charge in [-0.15, -0.1) is 11.3 Å². The van der Waals surface area contributed by atoms with E-state index < -0.39 is 5.97 Å². The van der Waals surface area contributed by atoms with Crippen LogP contribution in [0.4, 0.5) is 5.69 Å². The Morgan fingerprint density at radius 1 is 1.25 bits per heavy atom. The number of carbonyl (C=O) groups is 2. The Bertz CT molecular complexity index is 856. The van der Waals surface area contributed by atoms with E-state index in [1.54, 1.807) is 35.6 Å². The van der Waals surface area contributed by atoms with Crippen LogP contribution in [0.25, 0.3) is 10.6 Å². The van der Waals surface area contributed by atoms with E-state index in [1.165, 1.54) is 18.3 Å². The summed E-state index contributed by atoms with van der Waals surface area (Å²) in [4.78, 5) is 27.7. The fourth-order valence-corrected chi connectivity index (χ4v) is 3.56. The molecular formula is C17H14N2O3S2. The molecule has 2 aromatic heterocycles. The van der Waals surface area contributed by atoms with Crippen LogP contribution in [0.3, 0.4) is 0 Å². The molecule has 0 atom stereocenters. The maximum atomic E-state index is 12.1. The van der Waals surface area contributed by atoms with Gasteiger partial charge in [-0.25, -0.2) is 9.78 Å². The Balaban J connectivity index is 1.62. The monoisotopic (exact) mass is 358 g/mol. The number of rotatable bonds is 5. The van der Waals surface area contributed by atoms with E-state index >= 15 is 0 Å². The quantitative estimate of drug-likeness (QED) is 0.695. The first-order valence-electron chi connectivity index (χ1n) is 7.13. The van der Waals surface area contributed by atoms with E-state index in [1.807, 2.05) is 22.2 Å². The van der Waals surface area contributed by atoms with Crippen molar-refractivity contribution in [2.45, 2.75) is 13.5 Å². The molecule has 0 aliphatic heterocycles. The Labute approximate surface area is 146 Å². The Morgan fingerprint density at radius 2 is 2.12 bits per heavy atom. The topological polar surface area (TPSA) is 68.3 Å². The van der Waals surface area contributed by atoms with Crippen molar-refractivity contribution < 1.29 is 14.3 Å². The van der Waals surface area contributed by atoms with Crippen LogP contribution < -0.4 is 5.32 Å². The molecule has 0 spiro atoms. The lowest BCUT2D eigenvalue weighted by atomic mass is 10.2. The normalized spacial score (nSPS) is 10.4. The van der Waals surface area contributed by atoms with Crippen molar-refractivity contribution in [2.24, 2.45) is 0 Å². The highest BCUT2D eigenvalue weighted by molar-refractivity contribution is 7.14. The number of aromatic nitrogens is 1. The van der Waals surface area contributed by atoms with E-state index in [9.17, 15) is 9.59 Å². The number of hydrogen-bond donors (Lipinski definition) is 1. The molecular weight excluding hydrogens is 344 g/mol. The SMILES string of the molecule is CC(=O)Nc1cccc(C(=O)OCc2csc(-c3ccsc3)n2)c1. The third-order valence-electron chi connectivity index (χ3n) is 3.09. The highest BCUT2D eigenvalue weighted by Crippen LogP contribution is 2.26. The number of thiazole rings is 1. The van der Waals surface area contributed by atoms with Gasteiger partial charge in [-0.3, -0.25) is 4.79 Å². The van der Waals surface area contributed by atoms with E-state index in [4.69, 9.17) is 4.74 Å². The van der Waals surface area contributed by atoms with E-state index in [2.05, 4.69) is 10.3 Å². The lowest BCUT2D eigenvalue weighted by molar-refractivity contribution is -0.114. The molecule has 0 aliphatic carbocycles. The van der Waals surface area contributed by atoms with Gasteiger partial charge in [-0.05, 0) is 29.6 Å². The molecule has 0 saturated heterocycles. The van der Waals surface area contributed by atoms with Gasteiger partial charge in [0.25, 0.3) is 0 Å². The fraction of sp³-hybridized carbons (Fsp3) is 0.118. The minimum Gasteiger partial charge on any atom is -0.456 e. The summed E-state index contributed by atoms with van der Waals surface area (Å²) in [5.41, 5.74) is 2.73. The second-order valence-corrected chi connectivity index (χ2v) is 6.63. The first kappa shape index (κ1) is 16.4. The van der Waals surface area contributed by atoms with Crippen molar-refractivity contribution in [1.29, 1.82) is 0 Å². The largest absolute Gasteiger partial charge is 0.456 e. The summed E-state index contributed by atoms with van der Waals surface area (Å²) in [6.45, 7) is 1.53. The predicted octanol–water partition coefficient (Wildman–Crippen LogP) is 4.19. The second-order valence-electron chi connectivity index (χ2n) is 4.99. The summed E-state index contributed by atoms with van der Waals surface area (Å²) in [5, 5.41) is 9.46. The number of nitrogens with one attached hydrogen (secondary N) is 1. The Kier molecular flexibility index (Phi) is 5.02. The number of esters is 1. The zero-order valence-electron chi connectivity index (χ0n) is 12.8. The molecule has 2 heterocycles. The molecule has 1 N–H and O–H groups in total. The van der Waals surface area contributed by atoms with Crippen molar-refractivity contribution in [3.8, 4) is 10.6 Å². The van der Waals surface area contributed by atoms with Crippen LogP contribution in [-0.4, -0.2) is 16.9 Å². The van der Waals surface area contributed by atoms with Gasteiger partial charge in [0.2, 0.25) is 5.91 Å². The maximum absolute atomic E-state index is 12.1. The number of amides is 1.